The smallest absolute Gasteiger partial charge is 0.278 e. The molecule has 2 atom stereocenters. The minimum Gasteiger partial charge on any atom is -0.348 e. The summed E-state index contributed by atoms with van der Waals surface area (Å²) in [5, 5.41) is 3.17. The molecule has 5 heteroatoms. The van der Waals surface area contributed by atoms with Gasteiger partial charge < -0.3 is 15.1 Å². The molecular formula is C24H32N3O2+. The summed E-state index contributed by atoms with van der Waals surface area (Å²) in [6.45, 7) is 7.02. The van der Waals surface area contributed by atoms with Gasteiger partial charge in [0.15, 0.2) is 6.04 Å². The molecular weight excluding hydrogens is 362 g/mol. The minimum absolute atomic E-state index is 0.0799. The maximum atomic E-state index is 12.7. The molecule has 0 bridgehead atoms. The molecule has 0 saturated carbocycles. The summed E-state index contributed by atoms with van der Waals surface area (Å²) in [6.07, 6.45) is 1.89. The van der Waals surface area contributed by atoms with Gasteiger partial charge in [-0.25, -0.2) is 0 Å². The molecule has 2 aromatic rings. The SMILES string of the molecule is C[C@H](C(=O)N[C@@H](C)CCc1ccccc1)[NH+]1CCN(C(=O)c2ccccc2)CC1. The van der Waals surface area contributed by atoms with Crippen LogP contribution in [0.25, 0.3) is 0 Å². The second kappa shape index (κ2) is 10.2. The van der Waals surface area contributed by atoms with Gasteiger partial charge in [0.25, 0.3) is 11.8 Å². The Morgan fingerprint density at radius 2 is 1.55 bits per heavy atom. The minimum atomic E-state index is -0.108. The zero-order valence-electron chi connectivity index (χ0n) is 17.4. The third kappa shape index (κ3) is 5.91. The summed E-state index contributed by atoms with van der Waals surface area (Å²) < 4.78 is 0. The number of hydrogen-bond donors (Lipinski definition) is 2. The van der Waals surface area contributed by atoms with Crippen molar-refractivity contribution in [3.05, 3.63) is 71.8 Å². The fraction of sp³-hybridized carbons (Fsp3) is 0.417. The van der Waals surface area contributed by atoms with Crippen molar-refractivity contribution in [2.45, 2.75) is 38.8 Å². The van der Waals surface area contributed by atoms with E-state index in [0.29, 0.717) is 13.1 Å². The molecule has 0 unspecified atom stereocenters. The normalized spacial score (nSPS) is 16.8. The molecule has 1 heterocycles. The number of quaternary nitrogens is 1. The number of rotatable bonds is 7. The maximum Gasteiger partial charge on any atom is 0.278 e. The van der Waals surface area contributed by atoms with E-state index in [1.807, 2.05) is 60.4 Å². The summed E-state index contributed by atoms with van der Waals surface area (Å²) >= 11 is 0. The molecule has 5 nitrogen and oxygen atoms in total. The lowest BCUT2D eigenvalue weighted by Crippen LogP contribution is -3.19. The number of piperazine rings is 1. The Morgan fingerprint density at radius 1 is 0.966 bits per heavy atom. The van der Waals surface area contributed by atoms with Crippen molar-refractivity contribution in [3.8, 4) is 0 Å². The number of carbonyl (C=O) groups is 2. The van der Waals surface area contributed by atoms with E-state index < -0.39 is 0 Å². The molecule has 1 saturated heterocycles. The molecule has 29 heavy (non-hydrogen) atoms. The van der Waals surface area contributed by atoms with Gasteiger partial charge in [0.1, 0.15) is 0 Å². The quantitative estimate of drug-likeness (QED) is 0.749. The fourth-order valence-electron chi connectivity index (χ4n) is 3.85. The number of nitrogens with zero attached hydrogens (tertiary/aromatic N) is 1. The predicted octanol–water partition coefficient (Wildman–Crippen LogP) is 1.55. The van der Waals surface area contributed by atoms with Crippen molar-refractivity contribution in [1.29, 1.82) is 0 Å². The fourth-order valence-corrected chi connectivity index (χ4v) is 3.85. The largest absolute Gasteiger partial charge is 0.348 e. The lowest BCUT2D eigenvalue weighted by atomic mass is 10.1. The van der Waals surface area contributed by atoms with E-state index in [1.54, 1.807) is 0 Å². The highest BCUT2D eigenvalue weighted by atomic mass is 16.2. The molecule has 154 valence electrons. The van der Waals surface area contributed by atoms with Crippen molar-refractivity contribution in [1.82, 2.24) is 10.2 Å². The summed E-state index contributed by atoms with van der Waals surface area (Å²) in [5.41, 5.74) is 2.03. The first-order valence-electron chi connectivity index (χ1n) is 10.6. The topological polar surface area (TPSA) is 53.9 Å². The van der Waals surface area contributed by atoms with Crippen LogP contribution in [0.5, 0.6) is 0 Å². The van der Waals surface area contributed by atoms with E-state index in [2.05, 4.69) is 24.4 Å². The highest BCUT2D eigenvalue weighted by Gasteiger charge is 2.31. The zero-order valence-corrected chi connectivity index (χ0v) is 17.4. The highest BCUT2D eigenvalue weighted by Crippen LogP contribution is 2.06. The first kappa shape index (κ1) is 21.1. The first-order valence-corrected chi connectivity index (χ1v) is 10.6. The van der Waals surface area contributed by atoms with Crippen molar-refractivity contribution in [2.75, 3.05) is 26.2 Å². The van der Waals surface area contributed by atoms with Crippen LogP contribution in [0.1, 0.15) is 36.2 Å². The molecule has 2 amide bonds. The Bertz CT molecular complexity index is 786. The van der Waals surface area contributed by atoms with E-state index in [-0.39, 0.29) is 23.9 Å². The average Bonchev–Trinajstić information content (AvgIpc) is 2.78. The van der Waals surface area contributed by atoms with Crippen LogP contribution in [-0.2, 0) is 11.2 Å². The molecule has 0 spiro atoms. The number of amides is 2. The summed E-state index contributed by atoms with van der Waals surface area (Å²) in [7, 11) is 0. The summed E-state index contributed by atoms with van der Waals surface area (Å²) in [6, 6.07) is 19.8. The van der Waals surface area contributed by atoms with Crippen molar-refractivity contribution in [3.63, 3.8) is 0 Å². The van der Waals surface area contributed by atoms with Gasteiger partial charge in [0.2, 0.25) is 0 Å². The number of nitrogens with one attached hydrogen (secondary N) is 2. The molecule has 0 radical (unpaired) electrons. The zero-order chi connectivity index (χ0) is 20.6. The molecule has 2 N–H and O–H groups in total. The van der Waals surface area contributed by atoms with E-state index in [9.17, 15) is 9.59 Å². The Hall–Kier alpha value is -2.66. The van der Waals surface area contributed by atoms with Crippen molar-refractivity contribution in [2.24, 2.45) is 0 Å². The van der Waals surface area contributed by atoms with E-state index in [0.717, 1.165) is 31.5 Å². The molecule has 1 aliphatic rings. The van der Waals surface area contributed by atoms with Crippen molar-refractivity contribution >= 4 is 11.8 Å². The molecule has 1 aliphatic heterocycles. The lowest BCUT2D eigenvalue weighted by Gasteiger charge is -2.35. The third-order valence-electron chi connectivity index (χ3n) is 5.82. The highest BCUT2D eigenvalue weighted by molar-refractivity contribution is 5.94. The molecule has 0 aliphatic carbocycles. The van der Waals surface area contributed by atoms with Gasteiger partial charge in [-0.1, -0.05) is 48.5 Å². The van der Waals surface area contributed by atoms with Crippen LogP contribution >= 0.6 is 0 Å². The molecule has 3 rings (SSSR count). The summed E-state index contributed by atoms with van der Waals surface area (Å²) in [5.74, 6) is 0.180. The second-order valence-corrected chi connectivity index (χ2v) is 7.97. The standard InChI is InChI=1S/C24H31N3O2/c1-19(13-14-21-9-5-3-6-10-21)25-23(28)20(2)26-15-17-27(18-16-26)24(29)22-11-7-4-8-12-22/h3-12,19-20H,13-18H2,1-2H3,(H,25,28)/p+1/t19-,20+/m0/s1. The predicted molar refractivity (Wildman–Crippen MR) is 115 cm³/mol. The lowest BCUT2D eigenvalue weighted by molar-refractivity contribution is -0.917. The van der Waals surface area contributed by atoms with Gasteiger partial charge >= 0.3 is 0 Å². The Morgan fingerprint density at radius 3 is 2.17 bits per heavy atom. The Balaban J connectivity index is 1.43. The van der Waals surface area contributed by atoms with Crippen LogP contribution in [0.3, 0.4) is 0 Å². The second-order valence-electron chi connectivity index (χ2n) is 7.97. The Kier molecular flexibility index (Phi) is 7.42. The summed E-state index contributed by atoms with van der Waals surface area (Å²) in [4.78, 5) is 28.4. The van der Waals surface area contributed by atoms with Gasteiger partial charge in [-0.2, -0.15) is 0 Å². The molecule has 0 aromatic heterocycles. The van der Waals surface area contributed by atoms with Crippen LogP contribution in [0.2, 0.25) is 0 Å². The van der Waals surface area contributed by atoms with Crippen LogP contribution in [0, 0.1) is 0 Å². The van der Waals surface area contributed by atoms with E-state index in [1.165, 1.54) is 10.5 Å². The van der Waals surface area contributed by atoms with Gasteiger partial charge in [0.05, 0.1) is 26.2 Å². The number of aryl methyl sites for hydroxylation is 1. The third-order valence-corrected chi connectivity index (χ3v) is 5.82. The van der Waals surface area contributed by atoms with E-state index >= 15 is 0 Å². The maximum absolute atomic E-state index is 12.7. The van der Waals surface area contributed by atoms with E-state index in [4.69, 9.17) is 0 Å². The van der Waals surface area contributed by atoms with Crippen LogP contribution < -0.4 is 10.2 Å². The number of carbonyl (C=O) groups excluding carboxylic acids is 2. The molecule has 2 aromatic carbocycles. The Labute approximate surface area is 173 Å². The van der Waals surface area contributed by atoms with Crippen molar-refractivity contribution < 1.29 is 14.5 Å². The van der Waals surface area contributed by atoms with Gasteiger partial charge in [-0.15, -0.1) is 0 Å². The van der Waals surface area contributed by atoms with Gasteiger partial charge in [-0.05, 0) is 44.4 Å². The first-order chi connectivity index (χ1) is 14.0. The van der Waals surface area contributed by atoms with Gasteiger partial charge in [0, 0.05) is 11.6 Å². The van der Waals surface area contributed by atoms with Gasteiger partial charge in [-0.3, -0.25) is 9.59 Å². The van der Waals surface area contributed by atoms with Crippen LogP contribution in [0.15, 0.2) is 60.7 Å². The average molecular weight is 395 g/mol. The number of hydrogen-bond acceptors (Lipinski definition) is 2. The van der Waals surface area contributed by atoms with Crippen LogP contribution in [-0.4, -0.2) is 55.0 Å². The van der Waals surface area contributed by atoms with Crippen LogP contribution in [0.4, 0.5) is 0 Å². The monoisotopic (exact) mass is 394 g/mol. The number of benzene rings is 2. The molecule has 1 fully saturated rings.